The van der Waals surface area contributed by atoms with Crippen molar-refractivity contribution in [1.82, 2.24) is 20.4 Å². The summed E-state index contributed by atoms with van der Waals surface area (Å²) in [5, 5.41) is 14.4. The molecule has 2 amide bonds. The Kier molecular flexibility index (Phi) is 6.35. The lowest BCUT2D eigenvalue weighted by atomic mass is 9.78. The number of hydrogen-bond acceptors (Lipinski definition) is 5. The van der Waals surface area contributed by atoms with Crippen LogP contribution in [-0.4, -0.2) is 41.2 Å². The molecule has 3 N–H and O–H groups in total. The van der Waals surface area contributed by atoms with Gasteiger partial charge in [0.15, 0.2) is 0 Å². The first-order valence-corrected chi connectivity index (χ1v) is 12.3. The van der Waals surface area contributed by atoms with E-state index in [-0.39, 0.29) is 29.6 Å². The molecule has 1 saturated heterocycles. The average molecular weight is 451 g/mol. The molecular weight excluding hydrogens is 416 g/mol. The fraction of sp³-hybridized carbons (Fsp3) is 0.560. The van der Waals surface area contributed by atoms with Gasteiger partial charge in [0.05, 0.1) is 24.1 Å². The van der Waals surface area contributed by atoms with E-state index in [2.05, 4.69) is 21.0 Å². The fourth-order valence-electron chi connectivity index (χ4n) is 5.59. The minimum absolute atomic E-state index is 0.0849. The molecule has 2 unspecified atom stereocenters. The Morgan fingerprint density at radius 1 is 1.12 bits per heavy atom. The van der Waals surface area contributed by atoms with Gasteiger partial charge in [0.25, 0.3) is 0 Å². The van der Waals surface area contributed by atoms with Gasteiger partial charge in [-0.25, -0.2) is 0 Å². The van der Waals surface area contributed by atoms with Crippen LogP contribution in [0.4, 0.5) is 17.2 Å². The zero-order chi connectivity index (χ0) is 22.8. The van der Waals surface area contributed by atoms with Gasteiger partial charge < -0.3 is 20.9 Å². The lowest BCUT2D eigenvalue weighted by Gasteiger charge is -2.35. The van der Waals surface area contributed by atoms with Gasteiger partial charge in [-0.2, -0.15) is 5.10 Å². The minimum atomic E-state index is -0.0849. The number of hydrogen-bond donors (Lipinski definition) is 3. The van der Waals surface area contributed by atoms with Crippen molar-refractivity contribution >= 4 is 29.0 Å². The van der Waals surface area contributed by atoms with Crippen molar-refractivity contribution in [3.8, 4) is 0 Å². The van der Waals surface area contributed by atoms with E-state index >= 15 is 0 Å². The third-order valence-corrected chi connectivity index (χ3v) is 7.53. The first-order valence-electron chi connectivity index (χ1n) is 12.3. The number of rotatable bonds is 4. The van der Waals surface area contributed by atoms with Crippen molar-refractivity contribution in [2.45, 2.75) is 45.1 Å². The van der Waals surface area contributed by atoms with Crippen LogP contribution in [0.2, 0.25) is 0 Å². The third kappa shape index (κ3) is 4.49. The Hall–Kier alpha value is -2.87. The summed E-state index contributed by atoms with van der Waals surface area (Å²) in [6, 6.07) is 7.98. The molecule has 0 bridgehead atoms. The fourth-order valence-corrected chi connectivity index (χ4v) is 5.59. The molecule has 8 nitrogen and oxygen atoms in total. The van der Waals surface area contributed by atoms with Crippen LogP contribution in [0.5, 0.6) is 0 Å². The summed E-state index contributed by atoms with van der Waals surface area (Å²) in [4.78, 5) is 28.6. The molecule has 2 aliphatic heterocycles. The zero-order valence-electron chi connectivity index (χ0n) is 19.3. The number of amides is 2. The molecule has 2 atom stereocenters. The highest BCUT2D eigenvalue weighted by atomic mass is 16.2. The monoisotopic (exact) mass is 450 g/mol. The molecule has 0 spiro atoms. The maximum Gasteiger partial charge on any atom is 0.230 e. The lowest BCUT2D eigenvalue weighted by Crippen LogP contribution is -2.45. The lowest BCUT2D eigenvalue weighted by molar-refractivity contribution is -0.128. The number of aromatic nitrogens is 2. The van der Waals surface area contributed by atoms with E-state index in [1.54, 1.807) is 0 Å². The van der Waals surface area contributed by atoms with Gasteiger partial charge in [-0.15, -0.1) is 0 Å². The van der Waals surface area contributed by atoms with Crippen LogP contribution in [0.15, 0.2) is 30.5 Å². The number of carbonyl (C=O) groups is 2. The maximum absolute atomic E-state index is 14.0. The van der Waals surface area contributed by atoms with Crippen LogP contribution in [-0.2, 0) is 23.2 Å². The normalized spacial score (nSPS) is 23.1. The van der Waals surface area contributed by atoms with E-state index in [0.717, 1.165) is 74.4 Å². The van der Waals surface area contributed by atoms with Crippen LogP contribution in [0, 0.1) is 17.8 Å². The molecule has 2 aromatic rings. The van der Waals surface area contributed by atoms with E-state index in [9.17, 15) is 9.59 Å². The van der Waals surface area contributed by atoms with E-state index < -0.39 is 0 Å². The maximum atomic E-state index is 14.0. The topological polar surface area (TPSA) is 91.3 Å². The number of aryl methyl sites for hydroxylation is 1. The smallest absolute Gasteiger partial charge is 0.230 e. The summed E-state index contributed by atoms with van der Waals surface area (Å²) in [5.74, 6) is 1.41. The first kappa shape index (κ1) is 21.9. The highest BCUT2D eigenvalue weighted by Gasteiger charge is 2.36. The molecule has 1 aliphatic carbocycles. The zero-order valence-corrected chi connectivity index (χ0v) is 19.3. The summed E-state index contributed by atoms with van der Waals surface area (Å²) in [5.41, 5.74) is 2.83. The number of nitrogens with one attached hydrogen (secondary N) is 3. The molecule has 3 heterocycles. The molecule has 176 valence electrons. The Labute approximate surface area is 195 Å². The summed E-state index contributed by atoms with van der Waals surface area (Å²) in [6.45, 7) is 2.89. The van der Waals surface area contributed by atoms with Crippen LogP contribution in [0.25, 0.3) is 0 Å². The molecule has 1 saturated carbocycles. The van der Waals surface area contributed by atoms with Gasteiger partial charge in [0, 0.05) is 31.0 Å². The highest BCUT2D eigenvalue weighted by Crippen LogP contribution is 2.39. The standard InChI is InChI=1S/C25H34N6O2/c1-30-23-19(15-28-30)16-31(22-9-5-4-8-21(22)29-23)25(33)20-7-3-2-6-18(20)14-27-24(32)17-10-12-26-13-11-17/h4-5,8-9,15,17-18,20,26,29H,2-3,6-7,10-14,16H2,1H3,(H,27,32). The summed E-state index contributed by atoms with van der Waals surface area (Å²) in [7, 11) is 1.91. The van der Waals surface area contributed by atoms with Gasteiger partial charge in [-0.05, 0) is 56.8 Å². The second-order valence-corrected chi connectivity index (χ2v) is 9.63. The van der Waals surface area contributed by atoms with E-state index in [4.69, 9.17) is 0 Å². The second kappa shape index (κ2) is 9.55. The van der Waals surface area contributed by atoms with Crippen LogP contribution >= 0.6 is 0 Å². The quantitative estimate of drug-likeness (QED) is 0.666. The summed E-state index contributed by atoms with van der Waals surface area (Å²) in [6.07, 6.45) is 7.65. The van der Waals surface area contributed by atoms with Crippen LogP contribution in [0.3, 0.4) is 0 Å². The van der Waals surface area contributed by atoms with E-state index in [1.165, 1.54) is 0 Å². The van der Waals surface area contributed by atoms with E-state index in [0.29, 0.717) is 13.1 Å². The van der Waals surface area contributed by atoms with Gasteiger partial charge in [0.2, 0.25) is 11.8 Å². The number of benzene rings is 1. The third-order valence-electron chi connectivity index (χ3n) is 7.53. The molecule has 1 aromatic carbocycles. The van der Waals surface area contributed by atoms with Gasteiger partial charge in [-0.3, -0.25) is 14.3 Å². The Balaban J connectivity index is 1.34. The average Bonchev–Trinajstić information content (AvgIpc) is 3.10. The molecule has 2 fully saturated rings. The molecule has 5 rings (SSSR count). The van der Waals surface area contributed by atoms with Gasteiger partial charge in [-0.1, -0.05) is 25.0 Å². The Morgan fingerprint density at radius 3 is 2.76 bits per heavy atom. The first-order chi connectivity index (χ1) is 16.1. The van der Waals surface area contributed by atoms with Crippen molar-refractivity contribution in [3.63, 3.8) is 0 Å². The number of nitrogens with zero attached hydrogens (tertiary/aromatic N) is 3. The molecule has 0 radical (unpaired) electrons. The molecule has 8 heteroatoms. The van der Waals surface area contributed by atoms with Crippen molar-refractivity contribution in [2.75, 3.05) is 29.9 Å². The van der Waals surface area contributed by atoms with E-state index in [1.807, 2.05) is 47.1 Å². The molecular formula is C25H34N6O2. The number of para-hydroxylation sites is 2. The summed E-state index contributed by atoms with van der Waals surface area (Å²) < 4.78 is 1.82. The number of carbonyl (C=O) groups excluding carboxylic acids is 2. The second-order valence-electron chi connectivity index (χ2n) is 9.63. The highest BCUT2D eigenvalue weighted by molar-refractivity contribution is 5.99. The number of anilines is 3. The number of fused-ring (bicyclic) bond motifs is 2. The SMILES string of the molecule is Cn1ncc2c1Nc1ccccc1N(C(=O)C1CCCCC1CNC(=O)C1CCNCC1)C2. The predicted molar refractivity (Wildman–Crippen MR) is 128 cm³/mol. The van der Waals surface area contributed by atoms with Gasteiger partial charge in [0.1, 0.15) is 5.82 Å². The van der Waals surface area contributed by atoms with Crippen LogP contribution in [0.1, 0.15) is 44.1 Å². The van der Waals surface area contributed by atoms with Crippen LogP contribution < -0.4 is 20.9 Å². The molecule has 1 aromatic heterocycles. The van der Waals surface area contributed by atoms with Crippen molar-refractivity contribution < 1.29 is 9.59 Å². The Bertz CT molecular complexity index is 1010. The van der Waals surface area contributed by atoms with Gasteiger partial charge >= 0.3 is 0 Å². The largest absolute Gasteiger partial charge is 0.356 e. The predicted octanol–water partition coefficient (Wildman–Crippen LogP) is 2.93. The number of piperidine rings is 1. The van der Waals surface area contributed by atoms with Crippen molar-refractivity contribution in [3.05, 3.63) is 36.0 Å². The van der Waals surface area contributed by atoms with Crippen molar-refractivity contribution in [2.24, 2.45) is 24.8 Å². The minimum Gasteiger partial charge on any atom is -0.356 e. The molecule has 33 heavy (non-hydrogen) atoms. The Morgan fingerprint density at radius 2 is 1.91 bits per heavy atom. The molecule has 3 aliphatic rings. The van der Waals surface area contributed by atoms with Crippen molar-refractivity contribution in [1.29, 1.82) is 0 Å². The summed E-state index contributed by atoms with van der Waals surface area (Å²) >= 11 is 0.